The summed E-state index contributed by atoms with van der Waals surface area (Å²) < 4.78 is 1.90. The average Bonchev–Trinajstić information content (AvgIpc) is 2.36. The normalized spacial score (nSPS) is 10.5. The smallest absolute Gasteiger partial charge is 0.142 e. The van der Waals surface area contributed by atoms with Gasteiger partial charge in [0.25, 0.3) is 0 Å². The van der Waals surface area contributed by atoms with Crippen molar-refractivity contribution in [1.29, 1.82) is 0 Å². The van der Waals surface area contributed by atoms with Crippen LogP contribution in [0.3, 0.4) is 0 Å². The molecule has 0 aliphatic rings. The number of aromatic nitrogens is 3. The molecular weight excluding hydrogens is 126 g/mol. The van der Waals surface area contributed by atoms with Crippen LogP contribution in [0, 0.1) is 6.92 Å². The summed E-state index contributed by atoms with van der Waals surface area (Å²) >= 11 is 0. The van der Waals surface area contributed by atoms with Gasteiger partial charge in [0.15, 0.2) is 0 Å². The zero-order valence-corrected chi connectivity index (χ0v) is 5.65. The van der Waals surface area contributed by atoms with E-state index in [-0.39, 0.29) is 0 Å². The molecule has 0 spiro atoms. The van der Waals surface area contributed by atoms with Gasteiger partial charge in [-0.05, 0) is 6.92 Å². The molecule has 0 aromatic carbocycles. The molecule has 0 aliphatic heterocycles. The first kappa shape index (κ1) is 5.41. The molecule has 0 saturated carbocycles. The van der Waals surface area contributed by atoms with Gasteiger partial charge in [-0.1, -0.05) is 0 Å². The Bertz CT molecular complexity index is 350. The first-order valence-corrected chi connectivity index (χ1v) is 3.11. The predicted molar refractivity (Wildman–Crippen MR) is 37.7 cm³/mol. The molecule has 2 aromatic rings. The third kappa shape index (κ3) is 0.603. The Labute approximate surface area is 58.4 Å². The van der Waals surface area contributed by atoms with Crippen LogP contribution in [0.2, 0.25) is 0 Å². The third-order valence-electron chi connectivity index (χ3n) is 1.48. The Morgan fingerprint density at radius 1 is 1.50 bits per heavy atom. The molecule has 0 atom stereocenters. The molecule has 0 N–H and O–H groups in total. The molecule has 3 heteroatoms. The molecule has 0 saturated heterocycles. The lowest BCUT2D eigenvalue weighted by atomic mass is 10.4. The highest BCUT2D eigenvalue weighted by atomic mass is 15.0. The van der Waals surface area contributed by atoms with E-state index in [1.165, 1.54) is 0 Å². The molecule has 3 nitrogen and oxygen atoms in total. The second-order valence-electron chi connectivity index (χ2n) is 2.23. The summed E-state index contributed by atoms with van der Waals surface area (Å²) in [7, 11) is 0. The number of aryl methyl sites for hydroxylation is 1. The molecule has 0 fully saturated rings. The standard InChI is InChI=1S/C7H7N3/c1-6-4-8-5-10-3-2-9-7(6)10/h2-5H,1H3. The number of hydrogen-bond donors (Lipinski definition) is 0. The Hall–Kier alpha value is -1.38. The molecule has 0 amide bonds. The van der Waals surface area contributed by atoms with Gasteiger partial charge in [-0.15, -0.1) is 0 Å². The lowest BCUT2D eigenvalue weighted by Crippen LogP contribution is -1.87. The minimum absolute atomic E-state index is 0.981. The zero-order valence-electron chi connectivity index (χ0n) is 5.65. The fourth-order valence-electron chi connectivity index (χ4n) is 0.986. The molecule has 0 unspecified atom stereocenters. The van der Waals surface area contributed by atoms with E-state index < -0.39 is 0 Å². The van der Waals surface area contributed by atoms with Gasteiger partial charge in [0.2, 0.25) is 0 Å². The van der Waals surface area contributed by atoms with Gasteiger partial charge in [-0.2, -0.15) is 0 Å². The molecule has 2 heterocycles. The van der Waals surface area contributed by atoms with Crippen molar-refractivity contribution in [2.24, 2.45) is 0 Å². The second kappa shape index (κ2) is 1.80. The van der Waals surface area contributed by atoms with Crippen LogP contribution in [-0.2, 0) is 0 Å². The molecule has 0 radical (unpaired) electrons. The van der Waals surface area contributed by atoms with E-state index in [2.05, 4.69) is 9.97 Å². The molecule has 0 bridgehead atoms. The zero-order chi connectivity index (χ0) is 6.97. The highest BCUT2D eigenvalue weighted by molar-refractivity contribution is 5.44. The van der Waals surface area contributed by atoms with Crippen molar-refractivity contribution in [3.05, 3.63) is 30.5 Å². The Kier molecular flexibility index (Phi) is 0.974. The first-order chi connectivity index (χ1) is 4.88. The van der Waals surface area contributed by atoms with E-state index in [4.69, 9.17) is 0 Å². The van der Waals surface area contributed by atoms with Crippen LogP contribution in [0.15, 0.2) is 24.9 Å². The molecule has 50 valence electrons. The van der Waals surface area contributed by atoms with E-state index in [0.29, 0.717) is 0 Å². The maximum atomic E-state index is 4.14. The van der Waals surface area contributed by atoms with Crippen LogP contribution in [0.25, 0.3) is 5.65 Å². The third-order valence-corrected chi connectivity index (χ3v) is 1.48. The van der Waals surface area contributed by atoms with Crippen LogP contribution in [0.5, 0.6) is 0 Å². The van der Waals surface area contributed by atoms with Crippen LogP contribution in [0.1, 0.15) is 5.56 Å². The molecule has 2 rings (SSSR count). The minimum atomic E-state index is 0.981. The van der Waals surface area contributed by atoms with E-state index in [1.807, 2.05) is 23.7 Å². The van der Waals surface area contributed by atoms with Crippen LogP contribution < -0.4 is 0 Å². The molecule has 10 heavy (non-hydrogen) atoms. The SMILES string of the molecule is Cc1cncn2ccnc12. The summed E-state index contributed by atoms with van der Waals surface area (Å²) in [5.41, 5.74) is 2.09. The van der Waals surface area contributed by atoms with Crippen LogP contribution in [-0.4, -0.2) is 14.4 Å². The van der Waals surface area contributed by atoms with E-state index in [9.17, 15) is 0 Å². The molecule has 2 aromatic heterocycles. The van der Waals surface area contributed by atoms with Gasteiger partial charge in [-0.3, -0.25) is 4.40 Å². The number of nitrogens with zero attached hydrogens (tertiary/aromatic N) is 3. The molecule has 0 aliphatic carbocycles. The largest absolute Gasteiger partial charge is 0.290 e. The highest BCUT2D eigenvalue weighted by Gasteiger charge is 1.94. The summed E-state index contributed by atoms with van der Waals surface area (Å²) in [5, 5.41) is 0. The van der Waals surface area contributed by atoms with Crippen LogP contribution >= 0.6 is 0 Å². The van der Waals surface area contributed by atoms with Gasteiger partial charge >= 0.3 is 0 Å². The summed E-state index contributed by atoms with van der Waals surface area (Å²) in [4.78, 5) is 8.15. The van der Waals surface area contributed by atoms with Crippen molar-refractivity contribution >= 4 is 5.65 Å². The van der Waals surface area contributed by atoms with Crippen molar-refractivity contribution < 1.29 is 0 Å². The summed E-state index contributed by atoms with van der Waals surface area (Å²) in [6.45, 7) is 2.00. The van der Waals surface area contributed by atoms with Crippen molar-refractivity contribution in [3.8, 4) is 0 Å². The van der Waals surface area contributed by atoms with Crippen molar-refractivity contribution in [1.82, 2.24) is 14.4 Å². The van der Waals surface area contributed by atoms with Gasteiger partial charge in [0.1, 0.15) is 12.0 Å². The van der Waals surface area contributed by atoms with Crippen molar-refractivity contribution in [3.63, 3.8) is 0 Å². The average molecular weight is 133 g/mol. The van der Waals surface area contributed by atoms with Crippen molar-refractivity contribution in [2.45, 2.75) is 6.92 Å². The Balaban J connectivity index is 2.95. The first-order valence-electron chi connectivity index (χ1n) is 3.11. The predicted octanol–water partition coefficient (Wildman–Crippen LogP) is 1.04. The number of fused-ring (bicyclic) bond motifs is 1. The number of rotatable bonds is 0. The quantitative estimate of drug-likeness (QED) is 0.537. The fraction of sp³-hybridized carbons (Fsp3) is 0.143. The maximum Gasteiger partial charge on any atom is 0.142 e. The second-order valence-corrected chi connectivity index (χ2v) is 2.23. The van der Waals surface area contributed by atoms with Gasteiger partial charge in [0.05, 0.1) is 0 Å². The summed E-state index contributed by atoms with van der Waals surface area (Å²) in [5.74, 6) is 0. The van der Waals surface area contributed by atoms with E-state index in [1.54, 1.807) is 12.5 Å². The number of hydrogen-bond acceptors (Lipinski definition) is 2. The fourth-order valence-corrected chi connectivity index (χ4v) is 0.986. The van der Waals surface area contributed by atoms with Crippen LogP contribution in [0.4, 0.5) is 0 Å². The summed E-state index contributed by atoms with van der Waals surface area (Å²) in [6, 6.07) is 0. The van der Waals surface area contributed by atoms with Gasteiger partial charge < -0.3 is 0 Å². The van der Waals surface area contributed by atoms with Gasteiger partial charge in [-0.25, -0.2) is 9.97 Å². The lowest BCUT2D eigenvalue weighted by molar-refractivity contribution is 1.06. The van der Waals surface area contributed by atoms with Crippen molar-refractivity contribution in [2.75, 3.05) is 0 Å². The Morgan fingerprint density at radius 3 is 3.20 bits per heavy atom. The minimum Gasteiger partial charge on any atom is -0.290 e. The maximum absolute atomic E-state index is 4.14. The lowest BCUT2D eigenvalue weighted by Gasteiger charge is -1.93. The van der Waals surface area contributed by atoms with E-state index >= 15 is 0 Å². The monoisotopic (exact) mass is 133 g/mol. The Morgan fingerprint density at radius 2 is 2.40 bits per heavy atom. The summed E-state index contributed by atoms with van der Waals surface area (Å²) in [6.07, 6.45) is 7.21. The van der Waals surface area contributed by atoms with E-state index in [0.717, 1.165) is 11.2 Å². The molecular formula is C7H7N3. The number of imidazole rings is 1. The highest BCUT2D eigenvalue weighted by Crippen LogP contribution is 2.02. The van der Waals surface area contributed by atoms with Gasteiger partial charge in [0, 0.05) is 24.2 Å². The topological polar surface area (TPSA) is 30.2 Å².